The predicted molar refractivity (Wildman–Crippen MR) is 184 cm³/mol. The van der Waals surface area contributed by atoms with Crippen molar-refractivity contribution in [1.82, 2.24) is 29.7 Å². The summed E-state index contributed by atoms with van der Waals surface area (Å²) >= 11 is 0. The van der Waals surface area contributed by atoms with E-state index in [4.69, 9.17) is 18.7 Å². The number of nitrogens with one attached hydrogen (secondary N) is 4. The lowest BCUT2D eigenvalue weighted by atomic mass is 9.96. The number of aromatic nitrogens is 4. The maximum atomic E-state index is 14.6. The third-order valence-electron chi connectivity index (χ3n) is 8.78. The molecule has 1 aliphatic heterocycles. The molecule has 282 valence electrons. The van der Waals surface area contributed by atoms with Gasteiger partial charge in [-0.1, -0.05) is 40.5 Å². The summed E-state index contributed by atoms with van der Waals surface area (Å²) in [5, 5.41) is 31.7. The van der Waals surface area contributed by atoms with Crippen LogP contribution in [0, 0.1) is 11.8 Å². The van der Waals surface area contributed by atoms with Crippen molar-refractivity contribution in [3.63, 3.8) is 0 Å². The fraction of sp³-hybridized carbons (Fsp3) is 0.781. The number of imidazole rings is 1. The van der Waals surface area contributed by atoms with E-state index in [9.17, 15) is 29.2 Å². The fourth-order valence-corrected chi connectivity index (χ4v) is 8.22. The molecule has 2 aromatic heterocycles. The van der Waals surface area contributed by atoms with E-state index in [0.717, 1.165) is 25.7 Å². The predicted octanol–water partition coefficient (Wildman–Crippen LogP) is 2.74. The van der Waals surface area contributed by atoms with Crippen LogP contribution >= 0.6 is 7.67 Å². The van der Waals surface area contributed by atoms with E-state index >= 15 is 0 Å². The van der Waals surface area contributed by atoms with Gasteiger partial charge in [-0.15, -0.1) is 0 Å². The van der Waals surface area contributed by atoms with E-state index in [1.54, 1.807) is 13.8 Å². The summed E-state index contributed by atoms with van der Waals surface area (Å²) < 4.78 is 38.5. The molecule has 17 nitrogen and oxygen atoms in total. The van der Waals surface area contributed by atoms with Gasteiger partial charge in [0.05, 0.1) is 26.1 Å². The number of hydrogen-bond donors (Lipinski definition) is 6. The first-order valence-corrected chi connectivity index (χ1v) is 19.1. The molecule has 1 saturated carbocycles. The Bertz CT molecular complexity index is 1520. The zero-order valence-electron chi connectivity index (χ0n) is 30.0. The quantitative estimate of drug-likeness (QED) is 0.0958. The van der Waals surface area contributed by atoms with Crippen LogP contribution in [0.1, 0.15) is 93.2 Å². The molecule has 4 rings (SSSR count). The zero-order valence-corrected chi connectivity index (χ0v) is 30.9. The summed E-state index contributed by atoms with van der Waals surface area (Å²) in [6.07, 6.45) is 1.75. The number of esters is 2. The lowest BCUT2D eigenvalue weighted by Crippen LogP contribution is -2.47. The molecule has 0 spiro atoms. The van der Waals surface area contributed by atoms with Crippen LogP contribution in [0.2, 0.25) is 0 Å². The summed E-state index contributed by atoms with van der Waals surface area (Å²) in [7, 11) is -4.33. The van der Waals surface area contributed by atoms with Crippen molar-refractivity contribution in [3.05, 3.63) is 16.8 Å². The Balaban J connectivity index is 1.62. The normalized spacial score (nSPS) is 24.3. The van der Waals surface area contributed by atoms with E-state index in [-0.39, 0.29) is 49.6 Å². The van der Waals surface area contributed by atoms with Crippen molar-refractivity contribution in [2.45, 2.75) is 129 Å². The van der Waals surface area contributed by atoms with Crippen LogP contribution < -0.4 is 21.2 Å². The topological polar surface area (TPSA) is 228 Å². The van der Waals surface area contributed by atoms with E-state index in [2.05, 4.69) is 30.4 Å². The molecule has 2 aliphatic rings. The van der Waals surface area contributed by atoms with E-state index in [0.29, 0.717) is 11.3 Å². The molecule has 1 aliphatic carbocycles. The van der Waals surface area contributed by atoms with Gasteiger partial charge in [-0.05, 0) is 58.3 Å². The Hall–Kier alpha value is -2.92. The molecular formula is C32H54N7O10P. The lowest BCUT2D eigenvalue weighted by Gasteiger charge is -2.30. The highest BCUT2D eigenvalue weighted by Gasteiger charge is 2.54. The lowest BCUT2D eigenvalue weighted by molar-refractivity contribution is -0.146. The third-order valence-corrected chi connectivity index (χ3v) is 10.6. The van der Waals surface area contributed by atoms with E-state index in [1.807, 2.05) is 27.7 Å². The molecule has 6 N–H and O–H groups in total. The molecule has 2 fully saturated rings. The Morgan fingerprint density at radius 1 is 1.08 bits per heavy atom. The monoisotopic (exact) mass is 727 g/mol. The molecule has 2 aromatic rings. The minimum absolute atomic E-state index is 0.0163. The second-order valence-corrected chi connectivity index (χ2v) is 15.9. The van der Waals surface area contributed by atoms with Crippen LogP contribution in [0.25, 0.3) is 11.2 Å². The van der Waals surface area contributed by atoms with E-state index in [1.165, 1.54) is 17.8 Å². The number of ether oxygens (including phenoxy) is 3. The number of hydrogen-bond acceptors (Lipinski definition) is 13. The van der Waals surface area contributed by atoms with Gasteiger partial charge in [-0.3, -0.25) is 23.7 Å². The van der Waals surface area contributed by atoms with Gasteiger partial charge in [0.2, 0.25) is 0 Å². The number of anilines is 1. The number of rotatable bonds is 18. The van der Waals surface area contributed by atoms with Gasteiger partial charge in [-0.25, -0.2) is 20.0 Å². The van der Waals surface area contributed by atoms with Gasteiger partial charge < -0.3 is 34.3 Å². The maximum Gasteiger partial charge on any atom is 0.348 e. The Labute approximate surface area is 292 Å². The van der Waals surface area contributed by atoms with Crippen LogP contribution in [0.15, 0.2) is 11.1 Å². The highest BCUT2D eigenvalue weighted by molar-refractivity contribution is 7.54. The first-order valence-electron chi connectivity index (χ1n) is 17.5. The number of aliphatic hydroxyl groups is 2. The number of carbonyl (C=O) groups excluding carboxylic acids is 2. The summed E-state index contributed by atoms with van der Waals surface area (Å²) in [4.78, 5) is 49.7. The second kappa shape index (κ2) is 17.1. The van der Waals surface area contributed by atoms with Crippen LogP contribution in [0.4, 0.5) is 5.82 Å². The number of nitrogens with zero attached hydrogens (tertiary/aromatic N) is 3. The Morgan fingerprint density at radius 3 is 2.16 bits per heavy atom. The molecule has 50 heavy (non-hydrogen) atoms. The third kappa shape index (κ3) is 9.69. The molecule has 0 amide bonds. The van der Waals surface area contributed by atoms with Gasteiger partial charge in [0, 0.05) is 6.04 Å². The smallest absolute Gasteiger partial charge is 0.348 e. The van der Waals surface area contributed by atoms with Gasteiger partial charge >= 0.3 is 25.3 Å². The molecule has 18 heteroatoms. The molecule has 0 radical (unpaired) electrons. The van der Waals surface area contributed by atoms with Crippen molar-refractivity contribution >= 4 is 36.6 Å². The van der Waals surface area contributed by atoms with Crippen molar-refractivity contribution in [1.29, 1.82) is 0 Å². The van der Waals surface area contributed by atoms with Crippen LogP contribution in [-0.2, 0) is 32.9 Å². The van der Waals surface area contributed by atoms with Crippen molar-refractivity contribution < 1.29 is 43.1 Å². The number of H-pyrrole nitrogens is 1. The number of carbonyl (C=O) groups is 2. The summed E-state index contributed by atoms with van der Waals surface area (Å²) in [6.45, 7) is 11.8. The first-order chi connectivity index (χ1) is 23.6. The van der Waals surface area contributed by atoms with Crippen molar-refractivity contribution in [2.24, 2.45) is 11.8 Å². The Morgan fingerprint density at radius 2 is 1.64 bits per heavy atom. The first kappa shape index (κ1) is 39.9. The molecular weight excluding hydrogens is 673 g/mol. The standard InChI is InChI=1S/C32H54N7O10P/c1-8-46-28(41)21(14-18(3)4)37-50(45,38-22(15-19(5)6)29(42)47-9-2)48-16-23-25(40)32(7,44)30(49-23)39-17-33-24-26(34-20-12-10-11-13-20)35-31(43)36-27(24)39/h17-23,25,30,40,44H,8-16H2,1-7H3,(H2,37,38,45)(H2,34,35,36,43)/t21-,22-,23+,25?,30+,32-/m0/s1. The molecule has 3 heterocycles. The van der Waals surface area contributed by atoms with Crippen LogP contribution in [0.3, 0.4) is 0 Å². The number of fused-ring (bicyclic) bond motifs is 1. The van der Waals surface area contributed by atoms with Crippen LogP contribution in [-0.4, -0.2) is 97.4 Å². The minimum Gasteiger partial charge on any atom is -0.465 e. The van der Waals surface area contributed by atoms with Gasteiger partial charge in [0.15, 0.2) is 11.9 Å². The van der Waals surface area contributed by atoms with Gasteiger partial charge in [0.25, 0.3) is 0 Å². The van der Waals surface area contributed by atoms with Crippen LogP contribution in [0.5, 0.6) is 0 Å². The summed E-state index contributed by atoms with van der Waals surface area (Å²) in [6, 6.07) is -1.98. The van der Waals surface area contributed by atoms with Gasteiger partial charge in [-0.2, -0.15) is 4.98 Å². The molecule has 6 atom stereocenters. The van der Waals surface area contributed by atoms with Crippen molar-refractivity contribution in [3.8, 4) is 0 Å². The molecule has 1 saturated heterocycles. The molecule has 0 aromatic carbocycles. The average Bonchev–Trinajstić information content (AvgIpc) is 3.74. The largest absolute Gasteiger partial charge is 0.465 e. The number of aliphatic hydroxyl groups excluding tert-OH is 1. The fourth-order valence-electron chi connectivity index (χ4n) is 6.39. The maximum absolute atomic E-state index is 14.6. The summed E-state index contributed by atoms with van der Waals surface area (Å²) in [5.41, 5.74) is -2.11. The average molecular weight is 728 g/mol. The SMILES string of the molecule is CCOC(=O)[C@H](CC(C)C)NP(=O)(N[C@@H](CC(C)C)C(=O)OCC)OC[C@H]1O[C@@H](n2cnc3c(NC4CCCC4)[nH]c(=O)nc32)[C@@](C)(O)C1O. The zero-order chi connectivity index (χ0) is 36.8. The molecule has 1 unspecified atom stereocenters. The molecule has 0 bridgehead atoms. The van der Waals surface area contributed by atoms with Gasteiger partial charge in [0.1, 0.15) is 41.2 Å². The minimum atomic E-state index is -4.33. The Kier molecular flexibility index (Phi) is 13.6. The summed E-state index contributed by atoms with van der Waals surface area (Å²) in [5.74, 6) is -0.939. The van der Waals surface area contributed by atoms with E-state index < -0.39 is 68.0 Å². The number of aromatic amines is 1. The highest BCUT2D eigenvalue weighted by atomic mass is 31.2. The van der Waals surface area contributed by atoms with Crippen molar-refractivity contribution in [2.75, 3.05) is 25.1 Å². The second-order valence-electron chi connectivity index (χ2n) is 14.0. The highest BCUT2D eigenvalue weighted by Crippen LogP contribution is 2.45.